The van der Waals surface area contributed by atoms with E-state index in [1.54, 1.807) is 0 Å². The molecule has 54 heavy (non-hydrogen) atoms. The highest BCUT2D eigenvalue weighted by atomic mass is 16.8. The molecule has 9 unspecified atom stereocenters. The van der Waals surface area contributed by atoms with E-state index in [1.807, 2.05) is 6.92 Å². The Balaban J connectivity index is 1.22. The van der Waals surface area contributed by atoms with Gasteiger partial charge in [-0.3, -0.25) is 0 Å². The Morgan fingerprint density at radius 2 is 1.41 bits per heavy atom. The number of aliphatic hydroxyl groups is 7. The average molecular weight is 769 g/mol. The second-order valence-electron chi connectivity index (χ2n) is 20.0. The lowest BCUT2D eigenvalue weighted by molar-refractivity contribution is -0.397. The van der Waals surface area contributed by atoms with Crippen LogP contribution in [0.15, 0.2) is 11.6 Å². The molecule has 4 aliphatic carbocycles. The van der Waals surface area contributed by atoms with Crippen LogP contribution in [0.4, 0.5) is 0 Å². The summed E-state index contributed by atoms with van der Waals surface area (Å²) in [4.78, 5) is 0. The van der Waals surface area contributed by atoms with E-state index in [0.717, 1.165) is 38.5 Å². The van der Waals surface area contributed by atoms with Crippen LogP contribution in [0.3, 0.4) is 0 Å². The largest absolute Gasteiger partial charge is 0.393 e. The molecule has 0 amide bonds. The van der Waals surface area contributed by atoms with Crippen molar-refractivity contribution in [1.82, 2.24) is 0 Å². The van der Waals surface area contributed by atoms with Gasteiger partial charge in [-0.05, 0) is 131 Å². The van der Waals surface area contributed by atoms with Crippen molar-refractivity contribution in [1.29, 1.82) is 0 Å². The molecular weight excluding hydrogens is 696 g/mol. The minimum atomic E-state index is -1.62. The zero-order chi connectivity index (χ0) is 39.9. The van der Waals surface area contributed by atoms with Crippen LogP contribution in [-0.2, 0) is 23.7 Å². The summed E-state index contributed by atoms with van der Waals surface area (Å²) in [5.74, 6) is 0.568. The minimum Gasteiger partial charge on any atom is -0.393 e. The molecule has 2 aliphatic heterocycles. The van der Waals surface area contributed by atoms with E-state index in [1.165, 1.54) is 19.6 Å². The monoisotopic (exact) mass is 769 g/mol. The van der Waals surface area contributed by atoms with E-state index in [2.05, 4.69) is 54.5 Å². The molecule has 12 heteroatoms. The number of ether oxygens (including phenoxy) is 5. The van der Waals surface area contributed by atoms with Gasteiger partial charge in [0.15, 0.2) is 18.9 Å². The fourth-order valence-corrected chi connectivity index (χ4v) is 13.2. The normalized spacial score (nSPS) is 52.8. The lowest BCUT2D eigenvalue weighted by Gasteiger charge is -2.70. The van der Waals surface area contributed by atoms with Crippen molar-refractivity contribution in [3.05, 3.63) is 11.6 Å². The average Bonchev–Trinajstić information content (AvgIpc) is 3.48. The van der Waals surface area contributed by atoms with E-state index >= 15 is 0 Å². The SMILES string of the molecule is COC1O[C@@H](OC2CC[C@@]3(C)C(CC[C@]4(C)C3C[C@@H](O)C3C([C@](C)(O)CCC=C(C)C)CC[C@]34C)C2(C)C)C(O[C@@H]2OC(C)[C@@H](O)[C@@H](O)C2O)[C@H](O)[C@@H]1O. The van der Waals surface area contributed by atoms with E-state index in [4.69, 9.17) is 23.7 Å². The highest BCUT2D eigenvalue weighted by Crippen LogP contribution is 2.76. The number of allylic oxidation sites excluding steroid dienone is 2. The van der Waals surface area contributed by atoms with Crippen LogP contribution in [0.25, 0.3) is 0 Å². The third kappa shape index (κ3) is 6.87. The molecule has 312 valence electrons. The summed E-state index contributed by atoms with van der Waals surface area (Å²) in [7, 11) is 1.36. The molecule has 0 radical (unpaired) electrons. The minimum absolute atomic E-state index is 0.0237. The van der Waals surface area contributed by atoms with Gasteiger partial charge in [0.25, 0.3) is 0 Å². The number of methoxy groups -OCH3 is 1. The van der Waals surface area contributed by atoms with Gasteiger partial charge in [0.05, 0.1) is 23.9 Å². The predicted molar refractivity (Wildman–Crippen MR) is 199 cm³/mol. The Kier molecular flexibility index (Phi) is 12.0. The maximum absolute atomic E-state index is 12.2. The van der Waals surface area contributed by atoms with Crippen LogP contribution in [0, 0.1) is 45.3 Å². The highest BCUT2D eigenvalue weighted by molar-refractivity contribution is 5.20. The van der Waals surface area contributed by atoms with Gasteiger partial charge in [-0.25, -0.2) is 0 Å². The lowest BCUT2D eigenvalue weighted by Crippen LogP contribution is -2.67. The second kappa shape index (κ2) is 15.1. The van der Waals surface area contributed by atoms with E-state index in [9.17, 15) is 35.7 Å². The van der Waals surface area contributed by atoms with Crippen molar-refractivity contribution in [2.45, 2.75) is 200 Å². The maximum Gasteiger partial charge on any atom is 0.190 e. The van der Waals surface area contributed by atoms with E-state index in [0.29, 0.717) is 19.3 Å². The highest BCUT2D eigenvalue weighted by Gasteiger charge is 2.71. The molecule has 2 heterocycles. The molecule has 7 N–H and O–H groups in total. The predicted octanol–water partition coefficient (Wildman–Crippen LogP) is 3.79. The molecule has 0 aromatic carbocycles. The number of hydrogen-bond acceptors (Lipinski definition) is 12. The summed E-state index contributed by atoms with van der Waals surface area (Å²) in [5.41, 5.74) is -0.224. The van der Waals surface area contributed by atoms with Crippen LogP contribution in [0.1, 0.15) is 120 Å². The fourth-order valence-electron chi connectivity index (χ4n) is 13.2. The van der Waals surface area contributed by atoms with Crippen molar-refractivity contribution in [2.75, 3.05) is 7.11 Å². The third-order valence-electron chi connectivity index (χ3n) is 16.5. The Morgan fingerprint density at radius 1 is 0.759 bits per heavy atom. The first kappa shape index (κ1) is 42.9. The van der Waals surface area contributed by atoms with Crippen LogP contribution < -0.4 is 0 Å². The summed E-state index contributed by atoms with van der Waals surface area (Å²) in [6, 6.07) is 0. The van der Waals surface area contributed by atoms with Crippen LogP contribution in [-0.4, -0.2) is 122 Å². The molecule has 20 atom stereocenters. The van der Waals surface area contributed by atoms with Crippen molar-refractivity contribution >= 4 is 0 Å². The number of hydrogen-bond donors (Lipinski definition) is 7. The first-order chi connectivity index (χ1) is 25.0. The van der Waals surface area contributed by atoms with Gasteiger partial charge in [-0.15, -0.1) is 0 Å². The van der Waals surface area contributed by atoms with Crippen LogP contribution in [0.2, 0.25) is 0 Å². The van der Waals surface area contributed by atoms with Crippen LogP contribution in [0.5, 0.6) is 0 Å². The molecular formula is C42H72O12. The van der Waals surface area contributed by atoms with E-state index < -0.39 is 73.3 Å². The number of aliphatic hydroxyl groups excluding tert-OH is 6. The van der Waals surface area contributed by atoms with Crippen molar-refractivity contribution < 1.29 is 59.4 Å². The molecule has 0 aromatic rings. The standard InChI is InChI=1S/C42H72O12/c1-21(2)12-11-16-42(9,49)23-13-18-41(8)28(23)24(43)20-26-39(6)17-15-27(38(4,5)25(39)14-19-40(26,41)7)52-37-34(31(46)33(48)35(50-10)54-37)53-36-32(47)30(45)29(44)22(3)51-36/h12,22-37,43-49H,11,13-20H2,1-10H3/t22?,23?,24-,25?,26?,27?,28?,29-,30-,31-,32?,33+,34?,35?,36+,37-,39+,40-,41-,42-/m1/s1. The summed E-state index contributed by atoms with van der Waals surface area (Å²) in [5, 5.41) is 77.7. The molecule has 6 rings (SSSR count). The van der Waals surface area contributed by atoms with Gasteiger partial charge in [0.2, 0.25) is 0 Å². The summed E-state index contributed by atoms with van der Waals surface area (Å²) >= 11 is 0. The Morgan fingerprint density at radius 3 is 2.06 bits per heavy atom. The van der Waals surface area contributed by atoms with Gasteiger partial charge >= 0.3 is 0 Å². The Labute approximate surface area is 322 Å². The van der Waals surface area contributed by atoms with Crippen molar-refractivity contribution in [3.8, 4) is 0 Å². The Bertz CT molecular complexity index is 1350. The maximum atomic E-state index is 12.2. The van der Waals surface area contributed by atoms with Crippen LogP contribution >= 0.6 is 0 Å². The quantitative estimate of drug-likeness (QED) is 0.133. The van der Waals surface area contributed by atoms with Crippen molar-refractivity contribution in [2.24, 2.45) is 45.3 Å². The first-order valence-electron chi connectivity index (χ1n) is 20.6. The molecule has 6 aliphatic rings. The van der Waals surface area contributed by atoms with E-state index in [-0.39, 0.29) is 51.4 Å². The zero-order valence-corrected chi connectivity index (χ0v) is 34.4. The van der Waals surface area contributed by atoms with Crippen molar-refractivity contribution in [3.63, 3.8) is 0 Å². The molecule has 12 nitrogen and oxygen atoms in total. The first-order valence-corrected chi connectivity index (χ1v) is 20.6. The molecule has 4 saturated carbocycles. The second-order valence-corrected chi connectivity index (χ2v) is 20.0. The van der Waals surface area contributed by atoms with Gasteiger partial charge in [-0.2, -0.15) is 0 Å². The van der Waals surface area contributed by atoms with Gasteiger partial charge in [0, 0.05) is 7.11 Å². The summed E-state index contributed by atoms with van der Waals surface area (Å²) in [6.45, 7) is 19.5. The number of rotatable bonds is 9. The molecule has 2 saturated heterocycles. The zero-order valence-electron chi connectivity index (χ0n) is 34.4. The summed E-state index contributed by atoms with van der Waals surface area (Å²) < 4.78 is 30.0. The molecule has 0 spiro atoms. The number of fused-ring (bicyclic) bond motifs is 5. The Hall–Kier alpha value is -0.740. The van der Waals surface area contributed by atoms with Gasteiger partial charge in [0.1, 0.15) is 36.6 Å². The fraction of sp³-hybridized carbons (Fsp3) is 0.952. The van der Waals surface area contributed by atoms with Gasteiger partial charge < -0.3 is 59.4 Å². The lowest BCUT2D eigenvalue weighted by atomic mass is 9.35. The molecule has 6 fully saturated rings. The molecule has 0 bridgehead atoms. The summed E-state index contributed by atoms with van der Waals surface area (Å²) in [6.07, 6.45) is -4.60. The topological polar surface area (TPSA) is 188 Å². The third-order valence-corrected chi connectivity index (χ3v) is 16.5. The molecule has 0 aromatic heterocycles. The van der Waals surface area contributed by atoms with Gasteiger partial charge in [-0.1, -0.05) is 46.3 Å². The smallest absolute Gasteiger partial charge is 0.190 e.